The molecule has 0 aliphatic carbocycles. The van der Waals surface area contributed by atoms with Crippen molar-refractivity contribution in [3.63, 3.8) is 0 Å². The van der Waals surface area contributed by atoms with E-state index in [1.807, 2.05) is 12.4 Å². The van der Waals surface area contributed by atoms with Gasteiger partial charge in [-0.25, -0.2) is 4.98 Å². The van der Waals surface area contributed by atoms with Crippen LogP contribution in [-0.4, -0.2) is 9.97 Å². The lowest BCUT2D eigenvalue weighted by molar-refractivity contribution is 1.33. The second-order valence-corrected chi connectivity index (χ2v) is 11.0. The standard InChI is InChI=1S/C40H24N2/c1-3-7-36-34(5-1)40(35-6-2-4-8-37(35)42-36)33-20-16-29-14-18-31-30(17-13-28-15-19-32(33)39(29)38(28)31)27-11-9-25(10-12-27)26-21-23-41-24-22-26/h1-24H. The molecule has 2 heterocycles. The summed E-state index contributed by atoms with van der Waals surface area (Å²) in [5.41, 5.74) is 9.39. The summed E-state index contributed by atoms with van der Waals surface area (Å²) in [6.07, 6.45) is 3.69. The van der Waals surface area contributed by atoms with Crippen LogP contribution in [0, 0.1) is 0 Å². The molecule has 0 aliphatic rings. The van der Waals surface area contributed by atoms with E-state index in [0.29, 0.717) is 0 Å². The Kier molecular flexibility index (Phi) is 4.93. The molecule has 9 aromatic rings. The maximum atomic E-state index is 4.99. The van der Waals surface area contributed by atoms with Crippen LogP contribution < -0.4 is 0 Å². The fourth-order valence-electron chi connectivity index (χ4n) is 6.79. The van der Waals surface area contributed by atoms with Crippen LogP contribution in [0.25, 0.3) is 87.5 Å². The van der Waals surface area contributed by atoms with E-state index in [4.69, 9.17) is 4.98 Å². The molecule has 2 heteroatoms. The minimum Gasteiger partial charge on any atom is -0.265 e. The number of aromatic nitrogens is 2. The van der Waals surface area contributed by atoms with Crippen molar-refractivity contribution in [1.29, 1.82) is 0 Å². The van der Waals surface area contributed by atoms with Gasteiger partial charge in [0.05, 0.1) is 11.0 Å². The molecule has 0 bridgehead atoms. The highest BCUT2D eigenvalue weighted by Crippen LogP contribution is 2.45. The summed E-state index contributed by atoms with van der Waals surface area (Å²) in [4.78, 5) is 9.16. The summed E-state index contributed by atoms with van der Waals surface area (Å²) in [5, 5.41) is 10.1. The second kappa shape index (κ2) is 8.95. The quantitative estimate of drug-likeness (QED) is 0.167. The normalized spacial score (nSPS) is 11.8. The van der Waals surface area contributed by atoms with Crippen molar-refractivity contribution in [2.24, 2.45) is 0 Å². The van der Waals surface area contributed by atoms with Gasteiger partial charge in [-0.2, -0.15) is 0 Å². The van der Waals surface area contributed by atoms with Gasteiger partial charge < -0.3 is 0 Å². The van der Waals surface area contributed by atoms with Crippen LogP contribution in [0.2, 0.25) is 0 Å². The Bertz CT molecular complexity index is 2390. The SMILES string of the molecule is c1ccc2c(-c3ccc4ccc5c(-c6ccc(-c7ccncc7)cc6)ccc6ccc3c4c65)c3ccccc3nc2c1. The zero-order valence-corrected chi connectivity index (χ0v) is 22.8. The second-order valence-electron chi connectivity index (χ2n) is 11.0. The van der Waals surface area contributed by atoms with E-state index in [-0.39, 0.29) is 0 Å². The average molecular weight is 533 g/mol. The van der Waals surface area contributed by atoms with Crippen LogP contribution in [0.5, 0.6) is 0 Å². The van der Waals surface area contributed by atoms with E-state index >= 15 is 0 Å². The maximum Gasteiger partial charge on any atom is 0.0715 e. The minimum absolute atomic E-state index is 1.02. The van der Waals surface area contributed by atoms with E-state index in [1.54, 1.807) is 0 Å². The fraction of sp³-hybridized carbons (Fsp3) is 0. The van der Waals surface area contributed by atoms with Gasteiger partial charge in [-0.1, -0.05) is 109 Å². The number of hydrogen-bond donors (Lipinski definition) is 0. The van der Waals surface area contributed by atoms with Gasteiger partial charge >= 0.3 is 0 Å². The molecule has 0 saturated carbocycles. The average Bonchev–Trinajstić information content (AvgIpc) is 3.06. The third-order valence-electron chi connectivity index (χ3n) is 8.73. The highest BCUT2D eigenvalue weighted by molar-refractivity contribution is 6.29. The van der Waals surface area contributed by atoms with Gasteiger partial charge in [0.15, 0.2) is 0 Å². The van der Waals surface area contributed by atoms with Gasteiger partial charge in [-0.3, -0.25) is 4.98 Å². The fourth-order valence-corrected chi connectivity index (χ4v) is 6.79. The van der Waals surface area contributed by atoms with Gasteiger partial charge in [0.2, 0.25) is 0 Å². The van der Waals surface area contributed by atoms with E-state index in [0.717, 1.165) is 11.0 Å². The zero-order valence-electron chi connectivity index (χ0n) is 22.8. The van der Waals surface area contributed by atoms with Crippen LogP contribution in [0.4, 0.5) is 0 Å². The summed E-state index contributed by atoms with van der Waals surface area (Å²) in [6.45, 7) is 0. The molecule has 0 fully saturated rings. The first-order chi connectivity index (χ1) is 20.8. The topological polar surface area (TPSA) is 25.8 Å². The molecule has 0 spiro atoms. The molecule has 2 nitrogen and oxygen atoms in total. The first-order valence-corrected chi connectivity index (χ1v) is 14.3. The molecule has 0 amide bonds. The Labute approximate surface area is 242 Å². The predicted octanol–water partition coefficient (Wildman–Crippen LogP) is 10.7. The lowest BCUT2D eigenvalue weighted by Crippen LogP contribution is -1.92. The molecular weight excluding hydrogens is 508 g/mol. The number of rotatable bonds is 3. The molecule has 0 N–H and O–H groups in total. The Balaban J connectivity index is 1.31. The largest absolute Gasteiger partial charge is 0.265 e. The highest BCUT2D eigenvalue weighted by Gasteiger charge is 2.18. The molecule has 0 unspecified atom stereocenters. The van der Waals surface area contributed by atoms with Crippen molar-refractivity contribution < 1.29 is 0 Å². The summed E-state index contributed by atoms with van der Waals surface area (Å²) >= 11 is 0. The number of fused-ring (bicyclic) bond motifs is 2. The van der Waals surface area contributed by atoms with Gasteiger partial charge in [-0.05, 0) is 84.4 Å². The van der Waals surface area contributed by atoms with Crippen molar-refractivity contribution in [2.45, 2.75) is 0 Å². The Morgan fingerprint density at radius 2 is 0.857 bits per heavy atom. The molecule has 0 aliphatic heterocycles. The van der Waals surface area contributed by atoms with Crippen LogP contribution >= 0.6 is 0 Å². The van der Waals surface area contributed by atoms with Gasteiger partial charge in [0, 0.05) is 28.7 Å². The van der Waals surface area contributed by atoms with Crippen LogP contribution in [-0.2, 0) is 0 Å². The van der Waals surface area contributed by atoms with Gasteiger partial charge in [0.25, 0.3) is 0 Å². The number of nitrogens with zero attached hydrogens (tertiary/aromatic N) is 2. The molecule has 9 rings (SSSR count). The predicted molar refractivity (Wildman–Crippen MR) is 177 cm³/mol. The first-order valence-electron chi connectivity index (χ1n) is 14.3. The zero-order chi connectivity index (χ0) is 27.6. The van der Waals surface area contributed by atoms with E-state index in [2.05, 4.69) is 138 Å². The molecule has 0 radical (unpaired) electrons. The third kappa shape index (κ3) is 3.39. The molecule has 42 heavy (non-hydrogen) atoms. The van der Waals surface area contributed by atoms with Crippen LogP contribution in [0.1, 0.15) is 0 Å². The van der Waals surface area contributed by atoms with Crippen molar-refractivity contribution in [1.82, 2.24) is 9.97 Å². The van der Waals surface area contributed by atoms with E-state index in [1.165, 1.54) is 76.5 Å². The number of benzene rings is 7. The highest BCUT2D eigenvalue weighted by atomic mass is 14.7. The smallest absolute Gasteiger partial charge is 0.0715 e. The molecule has 194 valence electrons. The Hall–Kier alpha value is -5.60. The third-order valence-corrected chi connectivity index (χ3v) is 8.73. The van der Waals surface area contributed by atoms with E-state index < -0.39 is 0 Å². The van der Waals surface area contributed by atoms with Crippen molar-refractivity contribution >= 4 is 54.1 Å². The maximum absolute atomic E-state index is 4.99. The van der Waals surface area contributed by atoms with Gasteiger partial charge in [-0.15, -0.1) is 0 Å². The minimum atomic E-state index is 1.02. The van der Waals surface area contributed by atoms with Crippen molar-refractivity contribution in [3.8, 4) is 33.4 Å². The lowest BCUT2D eigenvalue weighted by atomic mass is 9.86. The van der Waals surface area contributed by atoms with Crippen LogP contribution in [0.3, 0.4) is 0 Å². The molecule has 0 atom stereocenters. The van der Waals surface area contributed by atoms with Crippen molar-refractivity contribution in [2.75, 3.05) is 0 Å². The summed E-state index contributed by atoms with van der Waals surface area (Å²) in [6, 6.07) is 48.3. The molecule has 0 saturated heterocycles. The molecule has 2 aromatic heterocycles. The Morgan fingerprint density at radius 1 is 0.357 bits per heavy atom. The first kappa shape index (κ1) is 23.1. The summed E-state index contributed by atoms with van der Waals surface area (Å²) in [5.74, 6) is 0. The number of pyridine rings is 2. The number of hydrogen-bond acceptors (Lipinski definition) is 2. The monoisotopic (exact) mass is 532 g/mol. The Morgan fingerprint density at radius 3 is 1.50 bits per heavy atom. The van der Waals surface area contributed by atoms with Gasteiger partial charge in [0.1, 0.15) is 0 Å². The van der Waals surface area contributed by atoms with Crippen LogP contribution in [0.15, 0.2) is 146 Å². The van der Waals surface area contributed by atoms with Crippen molar-refractivity contribution in [3.05, 3.63) is 146 Å². The molecular formula is C40H24N2. The summed E-state index contributed by atoms with van der Waals surface area (Å²) < 4.78 is 0. The van der Waals surface area contributed by atoms with E-state index in [9.17, 15) is 0 Å². The lowest BCUT2D eigenvalue weighted by Gasteiger charge is -2.18. The molecule has 7 aromatic carbocycles. The number of para-hydroxylation sites is 2. The summed E-state index contributed by atoms with van der Waals surface area (Å²) in [7, 11) is 0.